The molecule has 1 unspecified atom stereocenters. The molecule has 1 atom stereocenters. The molecule has 1 rings (SSSR count). The van der Waals surface area contributed by atoms with Crippen molar-refractivity contribution in [3.63, 3.8) is 0 Å². The molecular formula is C6H13N2O3+. The van der Waals surface area contributed by atoms with E-state index in [4.69, 9.17) is 5.21 Å². The summed E-state index contributed by atoms with van der Waals surface area (Å²) in [7, 11) is 0. The molecule has 0 amide bonds. The fourth-order valence-electron chi connectivity index (χ4n) is 1.20. The number of rotatable bonds is 1. The van der Waals surface area contributed by atoms with E-state index in [-0.39, 0.29) is 16.9 Å². The number of carbonyl (C=O) groups is 1. The summed E-state index contributed by atoms with van der Waals surface area (Å²) < 4.78 is 0. The molecule has 4 N–H and O–H groups in total. The van der Waals surface area contributed by atoms with Crippen LogP contribution in [-0.2, 0) is 4.79 Å². The van der Waals surface area contributed by atoms with Crippen LogP contribution in [0.3, 0.4) is 0 Å². The van der Waals surface area contributed by atoms with Gasteiger partial charge < -0.3 is 6.15 Å². The third-order valence-electron chi connectivity index (χ3n) is 1.79. The molecule has 0 radical (unpaired) electrons. The van der Waals surface area contributed by atoms with Gasteiger partial charge in [0.25, 0.3) is 0 Å². The second-order valence-corrected chi connectivity index (χ2v) is 2.53. The quantitative estimate of drug-likeness (QED) is 0.557. The molecule has 0 bridgehead atoms. The minimum atomic E-state index is -0.784. The predicted octanol–water partition coefficient (Wildman–Crippen LogP) is 0.828. The zero-order valence-electron chi connectivity index (χ0n) is 6.32. The summed E-state index contributed by atoms with van der Waals surface area (Å²) in [5.41, 5.74) is 0. The molecule has 1 saturated carbocycles. The van der Waals surface area contributed by atoms with Gasteiger partial charge in [-0.1, -0.05) is 0 Å². The summed E-state index contributed by atoms with van der Waals surface area (Å²) >= 11 is 0. The van der Waals surface area contributed by atoms with Gasteiger partial charge in [0.2, 0.25) is 10.7 Å². The highest BCUT2D eigenvalue weighted by atomic mass is 16.6. The van der Waals surface area contributed by atoms with E-state index in [1.54, 1.807) is 0 Å². The van der Waals surface area contributed by atoms with Crippen molar-refractivity contribution < 1.29 is 14.9 Å². The Hall–Kier alpha value is -0.970. The topological polar surface area (TPSA) is 92.4 Å². The molecule has 5 nitrogen and oxygen atoms in total. The Morgan fingerprint density at radius 1 is 1.45 bits per heavy atom. The number of carbonyl (C=O) groups excluding carboxylic acids is 1. The van der Waals surface area contributed by atoms with Gasteiger partial charge in [-0.05, 0) is 12.8 Å². The molecule has 1 fully saturated rings. The Bertz CT molecular complexity index is 169. The third kappa shape index (κ3) is 2.27. The maximum absolute atomic E-state index is 10.8. The Morgan fingerprint density at radius 2 is 2.09 bits per heavy atom. The van der Waals surface area contributed by atoms with Gasteiger partial charge in [0.1, 0.15) is 0 Å². The average Bonchev–Trinajstić information content (AvgIpc) is 1.88. The van der Waals surface area contributed by atoms with E-state index in [1.807, 2.05) is 0 Å². The Kier molecular flexibility index (Phi) is 3.67. The van der Waals surface area contributed by atoms with Crippen LogP contribution < -0.4 is 6.15 Å². The van der Waals surface area contributed by atoms with Gasteiger partial charge in [0.05, 0.1) is 4.91 Å². The van der Waals surface area contributed by atoms with E-state index in [9.17, 15) is 9.70 Å². The molecule has 5 heteroatoms. The smallest absolute Gasteiger partial charge is 0.314 e. The zero-order chi connectivity index (χ0) is 7.56. The molecule has 0 spiro atoms. The number of hydrogen-bond acceptors (Lipinski definition) is 3. The fraction of sp³-hybridized carbons (Fsp3) is 0.833. The highest BCUT2D eigenvalue weighted by Gasteiger charge is 2.35. The third-order valence-corrected chi connectivity index (χ3v) is 1.79. The maximum atomic E-state index is 10.8. The summed E-state index contributed by atoms with van der Waals surface area (Å²) in [6.45, 7) is 0. The van der Waals surface area contributed by atoms with Gasteiger partial charge in [-0.25, -0.2) is 5.21 Å². The number of hydrogen-bond donors (Lipinski definition) is 2. The van der Waals surface area contributed by atoms with Crippen LogP contribution in [0.15, 0.2) is 0 Å². The lowest BCUT2D eigenvalue weighted by atomic mass is 9.95. The van der Waals surface area contributed by atoms with Gasteiger partial charge in [-0.3, -0.25) is 4.79 Å². The van der Waals surface area contributed by atoms with E-state index < -0.39 is 6.04 Å². The van der Waals surface area contributed by atoms with Crippen molar-refractivity contribution in [3.05, 3.63) is 4.91 Å². The van der Waals surface area contributed by atoms with Crippen LogP contribution in [0.4, 0.5) is 0 Å². The molecule has 1 aliphatic carbocycles. The largest absolute Gasteiger partial charge is 0.344 e. The summed E-state index contributed by atoms with van der Waals surface area (Å²) in [4.78, 5) is 20.9. The molecule has 11 heavy (non-hydrogen) atoms. The minimum absolute atomic E-state index is 0. The minimum Gasteiger partial charge on any atom is -0.344 e. The lowest BCUT2D eigenvalue weighted by Crippen LogP contribution is -2.33. The molecule has 0 saturated heterocycles. The molecule has 0 aromatic heterocycles. The van der Waals surface area contributed by atoms with E-state index in [0.29, 0.717) is 12.8 Å². The molecule has 64 valence electrons. The number of nitrogens with zero attached hydrogens (tertiary/aromatic N) is 1. The summed E-state index contributed by atoms with van der Waals surface area (Å²) in [5, 5.41) is 8.40. The first-order valence-electron chi connectivity index (χ1n) is 3.40. The van der Waals surface area contributed by atoms with Crippen LogP contribution in [-0.4, -0.2) is 22.0 Å². The van der Waals surface area contributed by atoms with Gasteiger partial charge in [0.15, 0.2) is 0 Å². The van der Waals surface area contributed by atoms with Crippen molar-refractivity contribution >= 4 is 5.78 Å². The lowest BCUT2D eigenvalue weighted by molar-refractivity contribution is -0.806. The van der Waals surface area contributed by atoms with Gasteiger partial charge in [-0.2, -0.15) is 0 Å². The molecular weight excluding hydrogens is 148 g/mol. The number of Topliss-reactive ketones (excluding diaryl/α,β-unsaturated/α-hetero) is 1. The van der Waals surface area contributed by atoms with E-state index in [2.05, 4.69) is 0 Å². The second kappa shape index (κ2) is 4.02. The number of ketones is 1. The average molecular weight is 161 g/mol. The van der Waals surface area contributed by atoms with Gasteiger partial charge in [-0.15, -0.1) is 0 Å². The summed E-state index contributed by atoms with van der Waals surface area (Å²) in [6.07, 6.45) is 2.64. The maximum Gasteiger partial charge on any atom is 0.314 e. The van der Waals surface area contributed by atoms with Crippen molar-refractivity contribution in [2.75, 3.05) is 0 Å². The van der Waals surface area contributed by atoms with Crippen molar-refractivity contribution in [1.82, 2.24) is 6.15 Å². The van der Waals surface area contributed by atoms with Gasteiger partial charge >= 0.3 is 6.04 Å². The zero-order valence-corrected chi connectivity index (χ0v) is 6.32. The van der Waals surface area contributed by atoms with Crippen LogP contribution in [0, 0.1) is 4.91 Å². The summed E-state index contributed by atoms with van der Waals surface area (Å²) in [5.74, 6) is -0.135. The standard InChI is InChI=1S/C6H10NO3.H3N/c8-6-4-2-1-3-5(6)7(9)10;/h5H,1-4H2,(H,9,10);1H3/q+1;. The highest BCUT2D eigenvalue weighted by molar-refractivity contribution is 5.83. The van der Waals surface area contributed by atoms with Crippen LogP contribution in [0.2, 0.25) is 0 Å². The van der Waals surface area contributed by atoms with Crippen LogP contribution in [0.5, 0.6) is 0 Å². The van der Waals surface area contributed by atoms with E-state index in [1.165, 1.54) is 0 Å². The summed E-state index contributed by atoms with van der Waals surface area (Å²) in [6, 6.07) is -0.784. The van der Waals surface area contributed by atoms with Crippen molar-refractivity contribution in [1.29, 1.82) is 0 Å². The van der Waals surface area contributed by atoms with E-state index in [0.717, 1.165) is 12.8 Å². The fourth-order valence-corrected chi connectivity index (χ4v) is 1.20. The first kappa shape index (κ1) is 10.0. The molecule has 0 aliphatic heterocycles. The first-order valence-corrected chi connectivity index (χ1v) is 3.40. The second-order valence-electron chi connectivity index (χ2n) is 2.53. The lowest BCUT2D eigenvalue weighted by Gasteiger charge is -2.08. The normalized spacial score (nSPS) is 24.0. The molecule has 0 heterocycles. The first-order chi connectivity index (χ1) is 4.72. The molecule has 1 aliphatic rings. The van der Waals surface area contributed by atoms with Gasteiger partial charge in [0, 0.05) is 12.8 Å². The monoisotopic (exact) mass is 161 g/mol. The van der Waals surface area contributed by atoms with Crippen molar-refractivity contribution in [2.24, 2.45) is 0 Å². The van der Waals surface area contributed by atoms with Crippen molar-refractivity contribution in [2.45, 2.75) is 31.7 Å². The molecule has 0 aromatic rings. The van der Waals surface area contributed by atoms with Crippen LogP contribution >= 0.6 is 0 Å². The Balaban J connectivity index is 0.000001000. The van der Waals surface area contributed by atoms with E-state index >= 15 is 0 Å². The molecule has 0 aromatic carbocycles. The SMILES string of the molecule is N.O=C1CCCCC1[N+](=O)O. The van der Waals surface area contributed by atoms with Crippen molar-refractivity contribution in [3.8, 4) is 0 Å². The Labute approximate surface area is 64.5 Å². The highest BCUT2D eigenvalue weighted by Crippen LogP contribution is 2.15. The Morgan fingerprint density at radius 3 is 2.45 bits per heavy atom. The van der Waals surface area contributed by atoms with Crippen LogP contribution in [0.25, 0.3) is 0 Å². The predicted molar refractivity (Wildman–Crippen MR) is 37.7 cm³/mol. The van der Waals surface area contributed by atoms with Crippen LogP contribution in [0.1, 0.15) is 25.7 Å².